The molecule has 1 heterocycles. The minimum atomic E-state index is 0.723. The summed E-state index contributed by atoms with van der Waals surface area (Å²) in [6.45, 7) is 0. The van der Waals surface area contributed by atoms with Crippen molar-refractivity contribution in [3.8, 4) is 6.07 Å². The molecule has 0 radical (unpaired) electrons. The molecule has 0 N–H and O–H groups in total. The third kappa shape index (κ3) is 3.05. The standard InChI is InChI=1S/C12H11NS2/c13-9-11-4-2-10(3-5-11)8-12-14-6-1-7-15-12/h2-5,8H,1,6-7H2. The van der Waals surface area contributed by atoms with E-state index in [2.05, 4.69) is 12.1 Å². The molecule has 0 bridgehead atoms. The van der Waals surface area contributed by atoms with Gasteiger partial charge in [0.05, 0.1) is 11.6 Å². The Bertz CT molecular complexity index is 393. The molecule has 1 aromatic carbocycles. The van der Waals surface area contributed by atoms with E-state index >= 15 is 0 Å². The molecule has 1 nitrogen and oxygen atoms in total. The van der Waals surface area contributed by atoms with Gasteiger partial charge >= 0.3 is 0 Å². The van der Waals surface area contributed by atoms with E-state index in [9.17, 15) is 0 Å². The van der Waals surface area contributed by atoms with Crippen LogP contribution in [0.4, 0.5) is 0 Å². The summed E-state index contributed by atoms with van der Waals surface area (Å²) >= 11 is 3.85. The molecular weight excluding hydrogens is 222 g/mol. The van der Waals surface area contributed by atoms with Crippen LogP contribution in [0.1, 0.15) is 17.5 Å². The van der Waals surface area contributed by atoms with Gasteiger partial charge in [-0.25, -0.2) is 0 Å². The van der Waals surface area contributed by atoms with Gasteiger partial charge in [0.1, 0.15) is 0 Å². The van der Waals surface area contributed by atoms with Crippen molar-refractivity contribution in [2.75, 3.05) is 11.5 Å². The van der Waals surface area contributed by atoms with Crippen LogP contribution in [-0.4, -0.2) is 11.5 Å². The van der Waals surface area contributed by atoms with Gasteiger partial charge in [-0.15, -0.1) is 23.5 Å². The van der Waals surface area contributed by atoms with E-state index in [1.165, 1.54) is 27.7 Å². The zero-order chi connectivity index (χ0) is 10.5. The predicted molar refractivity (Wildman–Crippen MR) is 68.7 cm³/mol. The second-order valence-electron chi connectivity index (χ2n) is 3.25. The van der Waals surface area contributed by atoms with Gasteiger partial charge in [-0.1, -0.05) is 12.1 Å². The molecule has 1 aliphatic rings. The van der Waals surface area contributed by atoms with Crippen LogP contribution in [0.5, 0.6) is 0 Å². The molecule has 1 saturated heterocycles. The number of hydrogen-bond donors (Lipinski definition) is 0. The van der Waals surface area contributed by atoms with E-state index in [0.717, 1.165) is 5.56 Å². The lowest BCUT2D eigenvalue weighted by Crippen LogP contribution is -1.91. The Hall–Kier alpha value is -0.850. The smallest absolute Gasteiger partial charge is 0.0991 e. The highest BCUT2D eigenvalue weighted by molar-refractivity contribution is 8.23. The van der Waals surface area contributed by atoms with E-state index < -0.39 is 0 Å². The molecule has 1 aromatic rings. The van der Waals surface area contributed by atoms with Crippen molar-refractivity contribution < 1.29 is 0 Å². The maximum absolute atomic E-state index is 8.68. The lowest BCUT2D eigenvalue weighted by atomic mass is 10.1. The largest absolute Gasteiger partial charge is 0.192 e. The lowest BCUT2D eigenvalue weighted by molar-refractivity contribution is 1.12. The van der Waals surface area contributed by atoms with Gasteiger partial charge in [0.25, 0.3) is 0 Å². The highest BCUT2D eigenvalue weighted by atomic mass is 32.2. The maximum atomic E-state index is 8.68. The Labute approximate surface area is 98.6 Å². The molecule has 0 atom stereocenters. The van der Waals surface area contributed by atoms with Crippen molar-refractivity contribution in [1.82, 2.24) is 0 Å². The molecule has 0 aliphatic carbocycles. The van der Waals surface area contributed by atoms with E-state index in [-0.39, 0.29) is 0 Å². The van der Waals surface area contributed by atoms with E-state index in [0.29, 0.717) is 0 Å². The summed E-state index contributed by atoms with van der Waals surface area (Å²) in [6, 6.07) is 9.86. The van der Waals surface area contributed by atoms with Crippen LogP contribution in [0.3, 0.4) is 0 Å². The molecule has 1 aliphatic heterocycles. The van der Waals surface area contributed by atoms with Crippen molar-refractivity contribution in [3.05, 3.63) is 39.6 Å². The molecule has 0 spiro atoms. The van der Waals surface area contributed by atoms with E-state index in [1.807, 2.05) is 47.8 Å². The SMILES string of the molecule is N#Cc1ccc(C=C2SCCCS2)cc1. The molecule has 0 saturated carbocycles. The summed E-state index contributed by atoms with van der Waals surface area (Å²) in [5.41, 5.74) is 1.91. The zero-order valence-electron chi connectivity index (χ0n) is 8.27. The predicted octanol–water partition coefficient (Wildman–Crippen LogP) is 3.73. The highest BCUT2D eigenvalue weighted by Gasteiger charge is 2.05. The fourth-order valence-electron chi connectivity index (χ4n) is 1.32. The second kappa shape index (κ2) is 5.29. The topological polar surface area (TPSA) is 23.8 Å². The first-order valence-corrected chi connectivity index (χ1v) is 6.83. The third-order valence-corrected chi connectivity index (χ3v) is 4.60. The quantitative estimate of drug-likeness (QED) is 0.738. The molecule has 0 amide bonds. The summed E-state index contributed by atoms with van der Waals surface area (Å²) in [4.78, 5) is 0. The Morgan fingerprint density at radius 2 is 1.80 bits per heavy atom. The highest BCUT2D eigenvalue weighted by Crippen LogP contribution is 2.35. The van der Waals surface area contributed by atoms with Crippen molar-refractivity contribution in [1.29, 1.82) is 5.26 Å². The number of benzene rings is 1. The van der Waals surface area contributed by atoms with Gasteiger partial charge < -0.3 is 0 Å². The van der Waals surface area contributed by atoms with Crippen LogP contribution in [0.25, 0.3) is 6.08 Å². The second-order valence-corrected chi connectivity index (χ2v) is 5.78. The zero-order valence-corrected chi connectivity index (χ0v) is 9.90. The van der Waals surface area contributed by atoms with Crippen molar-refractivity contribution in [2.24, 2.45) is 0 Å². The van der Waals surface area contributed by atoms with Gasteiger partial charge in [-0.2, -0.15) is 5.26 Å². The lowest BCUT2D eigenvalue weighted by Gasteiger charge is -2.12. The van der Waals surface area contributed by atoms with Crippen molar-refractivity contribution in [3.63, 3.8) is 0 Å². The first-order chi connectivity index (χ1) is 7.38. The average Bonchev–Trinajstić information content (AvgIpc) is 2.31. The monoisotopic (exact) mass is 233 g/mol. The fourth-order valence-corrected chi connectivity index (χ4v) is 3.75. The number of rotatable bonds is 1. The summed E-state index contributed by atoms with van der Waals surface area (Å²) in [7, 11) is 0. The molecule has 2 rings (SSSR count). The Morgan fingerprint density at radius 3 is 2.40 bits per heavy atom. The number of nitrogens with zero attached hydrogens (tertiary/aromatic N) is 1. The Morgan fingerprint density at radius 1 is 1.13 bits per heavy atom. The first kappa shape index (κ1) is 10.7. The molecule has 0 aromatic heterocycles. The molecule has 3 heteroatoms. The van der Waals surface area contributed by atoms with Crippen LogP contribution in [0, 0.1) is 11.3 Å². The first-order valence-electron chi connectivity index (χ1n) is 4.86. The molecular formula is C12H11NS2. The molecule has 1 fully saturated rings. The van der Waals surface area contributed by atoms with Crippen LogP contribution >= 0.6 is 23.5 Å². The normalized spacial score (nSPS) is 15.8. The average molecular weight is 233 g/mol. The molecule has 76 valence electrons. The summed E-state index contributed by atoms with van der Waals surface area (Å²) in [6.07, 6.45) is 3.51. The molecule has 0 unspecified atom stereocenters. The summed E-state index contributed by atoms with van der Waals surface area (Å²) in [5, 5.41) is 8.68. The van der Waals surface area contributed by atoms with Gasteiger partial charge in [0, 0.05) is 4.24 Å². The summed E-state index contributed by atoms with van der Waals surface area (Å²) in [5.74, 6) is 2.46. The van der Waals surface area contributed by atoms with Crippen LogP contribution in [0.2, 0.25) is 0 Å². The van der Waals surface area contributed by atoms with Crippen LogP contribution in [0.15, 0.2) is 28.5 Å². The van der Waals surface area contributed by atoms with Gasteiger partial charge in [0.2, 0.25) is 0 Å². The van der Waals surface area contributed by atoms with E-state index in [4.69, 9.17) is 5.26 Å². The van der Waals surface area contributed by atoms with Gasteiger partial charge in [-0.3, -0.25) is 0 Å². The number of thioether (sulfide) groups is 2. The van der Waals surface area contributed by atoms with Gasteiger partial charge in [-0.05, 0) is 41.7 Å². The maximum Gasteiger partial charge on any atom is 0.0991 e. The minimum absolute atomic E-state index is 0.723. The van der Waals surface area contributed by atoms with Crippen LogP contribution < -0.4 is 0 Å². The van der Waals surface area contributed by atoms with Crippen molar-refractivity contribution in [2.45, 2.75) is 6.42 Å². The van der Waals surface area contributed by atoms with Crippen molar-refractivity contribution >= 4 is 29.6 Å². The fraction of sp³-hybridized carbons (Fsp3) is 0.250. The van der Waals surface area contributed by atoms with E-state index in [1.54, 1.807) is 0 Å². The molecule has 15 heavy (non-hydrogen) atoms. The Kier molecular flexibility index (Phi) is 3.76. The van der Waals surface area contributed by atoms with Gasteiger partial charge in [0.15, 0.2) is 0 Å². The number of nitriles is 1. The minimum Gasteiger partial charge on any atom is -0.192 e. The Balaban J connectivity index is 2.12. The summed E-state index contributed by atoms with van der Waals surface area (Å²) < 4.78 is 1.39. The third-order valence-electron chi connectivity index (χ3n) is 2.10. The van der Waals surface area contributed by atoms with Crippen LogP contribution in [-0.2, 0) is 0 Å². The number of hydrogen-bond acceptors (Lipinski definition) is 3.